The minimum absolute atomic E-state index is 0.102. The number of rotatable bonds is 69. The van der Waals surface area contributed by atoms with Crippen LogP contribution in [0.25, 0.3) is 0 Å². The number of hydrogen-bond donors (Lipinski definition) is 3. The summed E-state index contributed by atoms with van der Waals surface area (Å²) in [6, 6.07) is 0. The first-order valence-electron chi connectivity index (χ1n) is 36.8. The number of aliphatic hydroxyl groups excluding tert-OH is 1. The van der Waals surface area contributed by atoms with E-state index in [0.717, 1.165) is 102 Å². The van der Waals surface area contributed by atoms with Crippen LogP contribution in [-0.2, 0) is 65.4 Å². The largest absolute Gasteiger partial charge is 0.472 e. The van der Waals surface area contributed by atoms with Crippen molar-refractivity contribution in [3.63, 3.8) is 0 Å². The number of ether oxygens (including phenoxy) is 4. The third-order valence-corrected chi connectivity index (χ3v) is 18.3. The van der Waals surface area contributed by atoms with Gasteiger partial charge in [-0.05, 0) is 43.4 Å². The number of phosphoric acid groups is 2. The Hall–Kier alpha value is -1.94. The lowest BCUT2D eigenvalue weighted by atomic mass is 10.0. The second-order valence-corrected chi connectivity index (χ2v) is 30.0. The zero-order chi connectivity index (χ0) is 66.6. The number of carbonyl (C=O) groups is 4. The predicted molar refractivity (Wildman–Crippen MR) is 363 cm³/mol. The van der Waals surface area contributed by atoms with Gasteiger partial charge in [-0.1, -0.05) is 305 Å². The number of hydrogen-bond acceptors (Lipinski definition) is 15. The van der Waals surface area contributed by atoms with Gasteiger partial charge in [-0.3, -0.25) is 37.3 Å². The summed E-state index contributed by atoms with van der Waals surface area (Å²) in [5.41, 5.74) is 0. The number of aliphatic hydroxyl groups is 1. The Morgan fingerprint density at radius 3 is 0.756 bits per heavy atom. The fourth-order valence-corrected chi connectivity index (χ4v) is 12.3. The Kier molecular flexibility index (Phi) is 60.6. The second-order valence-electron chi connectivity index (χ2n) is 27.1. The van der Waals surface area contributed by atoms with Crippen molar-refractivity contribution in [3.05, 3.63) is 0 Å². The molecule has 0 rings (SSSR count). The summed E-state index contributed by atoms with van der Waals surface area (Å²) in [4.78, 5) is 72.5. The first kappa shape index (κ1) is 88.1. The van der Waals surface area contributed by atoms with E-state index in [1.165, 1.54) is 161 Å². The molecular weight excluding hydrogens is 1190 g/mol. The zero-order valence-corrected chi connectivity index (χ0v) is 60.4. The smallest absolute Gasteiger partial charge is 0.462 e. The SMILES string of the molecule is CCCCCCCCCCCCCCCCCCC(=O)O[C@H](COC(=O)CCCCCCCCCCCCCCC(C)C)COP(=O)(O)OC[C@@H](O)COP(=O)(O)OC[C@@H](COC(=O)CCCCCCCCC(C)C)OC(=O)CCCCCCCCCC(C)C. The maximum Gasteiger partial charge on any atom is 0.472 e. The highest BCUT2D eigenvalue weighted by atomic mass is 31.2. The van der Waals surface area contributed by atoms with Crippen LogP contribution in [0.5, 0.6) is 0 Å². The van der Waals surface area contributed by atoms with Gasteiger partial charge in [-0.2, -0.15) is 0 Å². The monoisotopic (exact) mass is 1320 g/mol. The van der Waals surface area contributed by atoms with Gasteiger partial charge in [0.25, 0.3) is 0 Å². The van der Waals surface area contributed by atoms with E-state index < -0.39 is 97.5 Å². The lowest BCUT2D eigenvalue weighted by Gasteiger charge is -2.21. The molecule has 3 N–H and O–H groups in total. The Morgan fingerprint density at radius 2 is 0.511 bits per heavy atom. The molecule has 0 radical (unpaired) electrons. The molecule has 19 heteroatoms. The average molecular weight is 1330 g/mol. The normalized spacial score (nSPS) is 14.2. The van der Waals surface area contributed by atoms with Crippen molar-refractivity contribution in [2.24, 2.45) is 17.8 Å². The highest BCUT2D eigenvalue weighted by Crippen LogP contribution is 2.45. The van der Waals surface area contributed by atoms with Crippen LogP contribution in [0.4, 0.5) is 0 Å². The van der Waals surface area contributed by atoms with Crippen molar-refractivity contribution in [3.8, 4) is 0 Å². The fraction of sp³-hybridized carbons (Fsp3) is 0.944. The van der Waals surface area contributed by atoms with Gasteiger partial charge in [0.15, 0.2) is 12.2 Å². The summed E-state index contributed by atoms with van der Waals surface area (Å²) < 4.78 is 68.3. The van der Waals surface area contributed by atoms with Crippen molar-refractivity contribution in [1.82, 2.24) is 0 Å². The molecule has 0 saturated carbocycles. The first-order chi connectivity index (χ1) is 43.2. The standard InChI is InChI=1S/C71H138O17P2/c1-8-9-10-11-12-13-14-15-16-17-18-23-26-31-40-47-54-70(75)87-66(58-81-68(73)52-45-38-30-25-22-20-19-21-24-28-35-42-49-62(2)3)60-85-89(77,78)83-56-65(72)57-84-90(79,80)86-61-67(59-82-69(74)53-46-39-34-33-37-44-51-64(6)7)88-71(76)55-48-41-32-27-29-36-43-50-63(4)5/h62-67,72H,8-61H2,1-7H3,(H,77,78)(H,79,80)/t65-,66-,67-/m1/s1. The maximum absolute atomic E-state index is 13.0. The quantitative estimate of drug-likeness (QED) is 0.0222. The average Bonchev–Trinajstić information content (AvgIpc) is 3.41. The van der Waals surface area contributed by atoms with Crippen molar-refractivity contribution >= 4 is 39.5 Å². The van der Waals surface area contributed by atoms with Gasteiger partial charge in [0.1, 0.15) is 19.3 Å². The van der Waals surface area contributed by atoms with Gasteiger partial charge < -0.3 is 33.8 Å². The van der Waals surface area contributed by atoms with Gasteiger partial charge in [0.05, 0.1) is 26.4 Å². The topological polar surface area (TPSA) is 237 Å². The van der Waals surface area contributed by atoms with E-state index in [4.69, 9.17) is 37.0 Å². The van der Waals surface area contributed by atoms with E-state index in [1.807, 2.05) is 0 Å². The highest BCUT2D eigenvalue weighted by molar-refractivity contribution is 7.47. The van der Waals surface area contributed by atoms with Crippen molar-refractivity contribution in [2.45, 2.75) is 375 Å². The first-order valence-corrected chi connectivity index (χ1v) is 39.8. The summed E-state index contributed by atoms with van der Waals surface area (Å²) in [5.74, 6) is 0.0288. The molecule has 0 fully saturated rings. The zero-order valence-electron chi connectivity index (χ0n) is 58.6. The van der Waals surface area contributed by atoms with Crippen LogP contribution in [0.1, 0.15) is 357 Å². The summed E-state index contributed by atoms with van der Waals surface area (Å²) in [7, 11) is -9.90. The molecule has 0 aliphatic rings. The molecule has 0 spiro atoms. The van der Waals surface area contributed by atoms with E-state index in [0.29, 0.717) is 37.5 Å². The maximum atomic E-state index is 13.0. The molecule has 5 atom stereocenters. The van der Waals surface area contributed by atoms with Crippen LogP contribution in [0.2, 0.25) is 0 Å². The molecule has 0 aliphatic heterocycles. The number of unbranched alkanes of at least 4 members (excludes halogenated alkanes) is 37. The predicted octanol–water partition coefficient (Wildman–Crippen LogP) is 20.2. The lowest BCUT2D eigenvalue weighted by molar-refractivity contribution is -0.161. The summed E-state index contributed by atoms with van der Waals surface area (Å²) in [5, 5.41) is 10.6. The summed E-state index contributed by atoms with van der Waals surface area (Å²) >= 11 is 0. The third kappa shape index (κ3) is 64.8. The van der Waals surface area contributed by atoms with Crippen molar-refractivity contribution < 1.29 is 80.2 Å². The number of carbonyl (C=O) groups excluding carboxylic acids is 4. The molecule has 90 heavy (non-hydrogen) atoms. The third-order valence-electron chi connectivity index (χ3n) is 16.4. The molecule has 534 valence electrons. The molecule has 0 heterocycles. The van der Waals surface area contributed by atoms with E-state index in [-0.39, 0.29) is 25.7 Å². The highest BCUT2D eigenvalue weighted by Gasteiger charge is 2.30. The molecule has 0 aliphatic carbocycles. The van der Waals surface area contributed by atoms with E-state index in [1.54, 1.807) is 0 Å². The van der Waals surface area contributed by atoms with E-state index in [9.17, 15) is 43.2 Å². The Bertz CT molecular complexity index is 1770. The summed E-state index contributed by atoms with van der Waals surface area (Å²) in [6.07, 6.45) is 46.1. The van der Waals surface area contributed by atoms with Gasteiger partial charge in [-0.25, -0.2) is 9.13 Å². The van der Waals surface area contributed by atoms with Crippen LogP contribution in [0.15, 0.2) is 0 Å². The molecular formula is C71H138O17P2. The second kappa shape index (κ2) is 61.9. The van der Waals surface area contributed by atoms with Crippen LogP contribution in [-0.4, -0.2) is 96.7 Å². The Balaban J connectivity index is 5.23. The van der Waals surface area contributed by atoms with Gasteiger partial charge in [0.2, 0.25) is 0 Å². The summed E-state index contributed by atoms with van der Waals surface area (Å²) in [6.45, 7) is 11.7. The molecule has 0 saturated heterocycles. The van der Waals surface area contributed by atoms with E-state index in [2.05, 4.69) is 48.5 Å². The Morgan fingerprint density at radius 1 is 0.300 bits per heavy atom. The van der Waals surface area contributed by atoms with Crippen molar-refractivity contribution in [1.29, 1.82) is 0 Å². The van der Waals surface area contributed by atoms with Crippen LogP contribution < -0.4 is 0 Å². The number of esters is 4. The molecule has 17 nitrogen and oxygen atoms in total. The van der Waals surface area contributed by atoms with Crippen LogP contribution >= 0.6 is 15.6 Å². The Labute approximate surface area is 549 Å². The molecule has 0 bridgehead atoms. The van der Waals surface area contributed by atoms with Crippen LogP contribution in [0, 0.1) is 17.8 Å². The van der Waals surface area contributed by atoms with E-state index >= 15 is 0 Å². The fourth-order valence-electron chi connectivity index (χ4n) is 10.7. The van der Waals surface area contributed by atoms with Crippen molar-refractivity contribution in [2.75, 3.05) is 39.6 Å². The molecule has 2 unspecified atom stereocenters. The molecule has 0 aromatic carbocycles. The minimum Gasteiger partial charge on any atom is -0.462 e. The van der Waals surface area contributed by atoms with Gasteiger partial charge in [0, 0.05) is 25.7 Å². The van der Waals surface area contributed by atoms with Crippen LogP contribution in [0.3, 0.4) is 0 Å². The minimum atomic E-state index is -4.95. The van der Waals surface area contributed by atoms with Gasteiger partial charge >= 0.3 is 39.5 Å². The van der Waals surface area contributed by atoms with Gasteiger partial charge in [-0.15, -0.1) is 0 Å². The molecule has 0 amide bonds. The lowest BCUT2D eigenvalue weighted by Crippen LogP contribution is -2.30. The molecule has 0 aromatic rings. The molecule has 0 aromatic heterocycles. The number of phosphoric ester groups is 2.